The van der Waals surface area contributed by atoms with Gasteiger partial charge in [-0.1, -0.05) is 65.0 Å². The van der Waals surface area contributed by atoms with Crippen LogP contribution in [-0.2, 0) is 0 Å². The summed E-state index contributed by atoms with van der Waals surface area (Å²) in [7, 11) is 1.42. The van der Waals surface area contributed by atoms with Gasteiger partial charge in [-0.3, -0.25) is 0 Å². The average Bonchev–Trinajstić information content (AvgIpc) is 2.01. The molecule has 0 fully saturated rings. The van der Waals surface area contributed by atoms with Crippen LogP contribution < -0.4 is 0 Å². The zero-order chi connectivity index (χ0) is 8.53. The van der Waals surface area contributed by atoms with Crippen molar-refractivity contribution in [2.45, 2.75) is 59.1 Å². The fourth-order valence-corrected chi connectivity index (χ4v) is 1.44. The van der Waals surface area contributed by atoms with Gasteiger partial charge in [0.2, 0.25) is 0 Å². The van der Waals surface area contributed by atoms with Crippen LogP contribution in [0.15, 0.2) is 0 Å². The standard InChI is InChI=1S/C10H23B/c1-4-6-7-8-10(3)9-11-5-2/h10-11H,4-9H2,1-3H3. The maximum absolute atomic E-state index is 2.39. The summed E-state index contributed by atoms with van der Waals surface area (Å²) >= 11 is 0. The molecule has 0 rings (SSSR count). The van der Waals surface area contributed by atoms with Crippen LogP contribution in [-0.4, -0.2) is 7.28 Å². The number of rotatable bonds is 7. The van der Waals surface area contributed by atoms with Gasteiger partial charge in [-0.05, 0) is 0 Å². The summed E-state index contributed by atoms with van der Waals surface area (Å²) in [6, 6.07) is 0. The molecular weight excluding hydrogens is 131 g/mol. The van der Waals surface area contributed by atoms with Crippen molar-refractivity contribution >= 4 is 7.28 Å². The summed E-state index contributed by atoms with van der Waals surface area (Å²) in [5, 5.41) is 0. The van der Waals surface area contributed by atoms with Crippen LogP contribution in [0.4, 0.5) is 0 Å². The van der Waals surface area contributed by atoms with E-state index in [1.165, 1.54) is 45.6 Å². The smallest absolute Gasteiger partial charge is 0.0803 e. The molecule has 0 saturated heterocycles. The van der Waals surface area contributed by atoms with Crippen molar-refractivity contribution < 1.29 is 0 Å². The van der Waals surface area contributed by atoms with Crippen LogP contribution >= 0.6 is 0 Å². The second-order valence-corrected chi connectivity index (χ2v) is 3.74. The Morgan fingerprint density at radius 1 is 1.18 bits per heavy atom. The van der Waals surface area contributed by atoms with Gasteiger partial charge in [0.25, 0.3) is 0 Å². The van der Waals surface area contributed by atoms with Gasteiger partial charge in [0.1, 0.15) is 7.28 Å². The van der Waals surface area contributed by atoms with Crippen molar-refractivity contribution in [2.24, 2.45) is 5.92 Å². The summed E-state index contributed by atoms with van der Waals surface area (Å²) in [6.07, 6.45) is 8.49. The second kappa shape index (κ2) is 8.16. The molecular formula is C10H23B. The van der Waals surface area contributed by atoms with E-state index in [0.717, 1.165) is 5.92 Å². The van der Waals surface area contributed by atoms with Gasteiger partial charge in [-0.2, -0.15) is 0 Å². The highest BCUT2D eigenvalue weighted by Crippen LogP contribution is 2.13. The van der Waals surface area contributed by atoms with E-state index in [1.807, 2.05) is 0 Å². The van der Waals surface area contributed by atoms with Crippen molar-refractivity contribution in [3.8, 4) is 0 Å². The lowest BCUT2D eigenvalue weighted by molar-refractivity contribution is 0.532. The van der Waals surface area contributed by atoms with Crippen molar-refractivity contribution in [3.63, 3.8) is 0 Å². The predicted molar refractivity (Wildman–Crippen MR) is 55.7 cm³/mol. The Hall–Kier alpha value is 0.0649. The highest BCUT2D eigenvalue weighted by Gasteiger charge is 2.00. The molecule has 0 N–H and O–H groups in total. The monoisotopic (exact) mass is 154 g/mol. The van der Waals surface area contributed by atoms with Gasteiger partial charge in [-0.15, -0.1) is 0 Å². The van der Waals surface area contributed by atoms with Gasteiger partial charge < -0.3 is 0 Å². The third-order valence-corrected chi connectivity index (χ3v) is 2.35. The van der Waals surface area contributed by atoms with Crippen molar-refractivity contribution in [1.82, 2.24) is 0 Å². The highest BCUT2D eigenvalue weighted by atomic mass is 14.0. The molecule has 11 heavy (non-hydrogen) atoms. The summed E-state index contributed by atoms with van der Waals surface area (Å²) in [5.74, 6) is 0.974. The molecule has 66 valence electrons. The zero-order valence-electron chi connectivity index (χ0n) is 8.53. The van der Waals surface area contributed by atoms with Crippen LogP contribution in [0.3, 0.4) is 0 Å². The average molecular weight is 154 g/mol. The van der Waals surface area contributed by atoms with Crippen LogP contribution in [0.25, 0.3) is 0 Å². The lowest BCUT2D eigenvalue weighted by Crippen LogP contribution is -1.98. The lowest BCUT2D eigenvalue weighted by Gasteiger charge is -2.08. The van der Waals surface area contributed by atoms with Gasteiger partial charge >= 0.3 is 0 Å². The molecule has 0 saturated carbocycles. The Balaban J connectivity index is 3.02. The third-order valence-electron chi connectivity index (χ3n) is 2.35. The molecule has 0 nitrogen and oxygen atoms in total. The second-order valence-electron chi connectivity index (χ2n) is 3.74. The predicted octanol–water partition coefficient (Wildman–Crippen LogP) is 3.50. The largest absolute Gasteiger partial charge is 0.120 e. The minimum absolute atomic E-state index is 0.974. The molecule has 0 aromatic rings. The van der Waals surface area contributed by atoms with Crippen molar-refractivity contribution in [2.75, 3.05) is 0 Å². The Labute approximate surface area is 73.0 Å². The molecule has 0 aliphatic carbocycles. The van der Waals surface area contributed by atoms with E-state index < -0.39 is 0 Å². The molecule has 0 spiro atoms. The zero-order valence-corrected chi connectivity index (χ0v) is 8.53. The van der Waals surface area contributed by atoms with E-state index in [-0.39, 0.29) is 0 Å². The van der Waals surface area contributed by atoms with E-state index in [0.29, 0.717) is 0 Å². The van der Waals surface area contributed by atoms with E-state index in [9.17, 15) is 0 Å². The van der Waals surface area contributed by atoms with E-state index >= 15 is 0 Å². The number of hydrogen-bond donors (Lipinski definition) is 0. The Morgan fingerprint density at radius 2 is 1.91 bits per heavy atom. The van der Waals surface area contributed by atoms with Crippen LogP contribution in [0.5, 0.6) is 0 Å². The summed E-state index contributed by atoms with van der Waals surface area (Å²) < 4.78 is 0. The molecule has 0 radical (unpaired) electrons. The van der Waals surface area contributed by atoms with Crippen molar-refractivity contribution in [1.29, 1.82) is 0 Å². The van der Waals surface area contributed by atoms with Crippen LogP contribution in [0.1, 0.15) is 46.5 Å². The molecule has 1 atom stereocenters. The Morgan fingerprint density at radius 3 is 2.45 bits per heavy atom. The molecule has 0 amide bonds. The van der Waals surface area contributed by atoms with Gasteiger partial charge in [0.05, 0.1) is 0 Å². The molecule has 1 heteroatoms. The molecule has 0 bridgehead atoms. The Kier molecular flexibility index (Phi) is 8.21. The highest BCUT2D eigenvalue weighted by molar-refractivity contribution is 6.35. The molecule has 0 heterocycles. The third kappa shape index (κ3) is 7.97. The van der Waals surface area contributed by atoms with E-state index in [4.69, 9.17) is 0 Å². The fourth-order valence-electron chi connectivity index (χ4n) is 1.44. The lowest BCUT2D eigenvalue weighted by atomic mass is 9.67. The van der Waals surface area contributed by atoms with Crippen molar-refractivity contribution in [3.05, 3.63) is 0 Å². The number of unbranched alkanes of at least 4 members (excludes halogenated alkanes) is 2. The fraction of sp³-hybridized carbons (Fsp3) is 1.00. The summed E-state index contributed by atoms with van der Waals surface area (Å²) in [6.45, 7) is 6.95. The first-order valence-corrected chi connectivity index (χ1v) is 5.31. The first-order chi connectivity index (χ1) is 5.31. The molecule has 0 aromatic carbocycles. The first-order valence-electron chi connectivity index (χ1n) is 5.31. The normalized spacial score (nSPS) is 13.0. The summed E-state index contributed by atoms with van der Waals surface area (Å²) in [5.41, 5.74) is 0. The van der Waals surface area contributed by atoms with Gasteiger partial charge in [0, 0.05) is 0 Å². The molecule has 1 unspecified atom stereocenters. The quantitative estimate of drug-likeness (QED) is 0.389. The SMILES string of the molecule is CCBCC(C)CCCCC. The van der Waals surface area contributed by atoms with Gasteiger partial charge in [0.15, 0.2) is 0 Å². The van der Waals surface area contributed by atoms with E-state index in [1.54, 1.807) is 0 Å². The van der Waals surface area contributed by atoms with E-state index in [2.05, 4.69) is 20.8 Å². The molecule has 0 aromatic heterocycles. The maximum atomic E-state index is 2.39. The maximum Gasteiger partial charge on any atom is 0.120 e. The number of hydrogen-bond acceptors (Lipinski definition) is 0. The molecule has 0 aliphatic rings. The topological polar surface area (TPSA) is 0 Å². The van der Waals surface area contributed by atoms with Crippen LogP contribution in [0.2, 0.25) is 12.6 Å². The summed E-state index contributed by atoms with van der Waals surface area (Å²) in [4.78, 5) is 0. The minimum Gasteiger partial charge on any atom is -0.0803 e. The molecule has 0 aliphatic heterocycles. The van der Waals surface area contributed by atoms with Crippen LogP contribution in [0, 0.1) is 5.92 Å². The van der Waals surface area contributed by atoms with Gasteiger partial charge in [-0.25, -0.2) is 0 Å². The first kappa shape index (κ1) is 11.1. The Bertz CT molecular complexity index is 71.3. The minimum atomic E-state index is 0.974.